The van der Waals surface area contributed by atoms with E-state index in [4.69, 9.17) is 0 Å². The van der Waals surface area contributed by atoms with Gasteiger partial charge in [-0.3, -0.25) is 0 Å². The summed E-state index contributed by atoms with van der Waals surface area (Å²) in [5.41, 5.74) is 4.88. The van der Waals surface area contributed by atoms with Gasteiger partial charge in [0.15, 0.2) is 0 Å². The van der Waals surface area contributed by atoms with Crippen molar-refractivity contribution in [1.82, 2.24) is 15.3 Å². The van der Waals surface area contributed by atoms with Gasteiger partial charge in [-0.05, 0) is 25.6 Å². The average molecular weight is 298 g/mol. The van der Waals surface area contributed by atoms with Crippen molar-refractivity contribution >= 4 is 15.9 Å². The molecule has 0 aromatic heterocycles. The van der Waals surface area contributed by atoms with E-state index in [0.717, 1.165) is 26.2 Å². The molecule has 0 bridgehead atoms. The van der Waals surface area contributed by atoms with Crippen molar-refractivity contribution in [3.63, 3.8) is 0 Å². The van der Waals surface area contributed by atoms with Crippen molar-refractivity contribution in [2.24, 2.45) is 0 Å². The molecule has 17 heavy (non-hydrogen) atoms. The Morgan fingerprint density at radius 2 is 1.82 bits per heavy atom. The summed E-state index contributed by atoms with van der Waals surface area (Å²) in [5.74, 6) is 0. The minimum Gasteiger partial charge on any atom is -0.304 e. The predicted octanol–water partition coefficient (Wildman–Crippen LogP) is 2.26. The van der Waals surface area contributed by atoms with Crippen LogP contribution in [0.3, 0.4) is 0 Å². The third-order valence-corrected chi connectivity index (χ3v) is 3.97. The molecule has 2 rings (SSSR count). The molecular formula is C13H20BrN3. The standard InChI is InChI=1S/C13H20BrN3/c1-11(12-5-3-4-6-13(12)14)15-17-9-7-16(2)8-10-17/h3-6,11,15H,7-10H2,1-2H3. The quantitative estimate of drug-likeness (QED) is 0.923. The topological polar surface area (TPSA) is 18.5 Å². The van der Waals surface area contributed by atoms with Gasteiger partial charge in [0.25, 0.3) is 0 Å². The van der Waals surface area contributed by atoms with Crippen LogP contribution in [0.4, 0.5) is 0 Å². The van der Waals surface area contributed by atoms with Gasteiger partial charge in [-0.25, -0.2) is 10.4 Å². The minimum absolute atomic E-state index is 0.342. The normalized spacial score (nSPS) is 20.4. The summed E-state index contributed by atoms with van der Waals surface area (Å²) in [7, 11) is 2.18. The zero-order valence-corrected chi connectivity index (χ0v) is 12.1. The number of hydrazine groups is 1. The highest BCUT2D eigenvalue weighted by atomic mass is 79.9. The lowest BCUT2D eigenvalue weighted by atomic mass is 10.1. The van der Waals surface area contributed by atoms with Crippen LogP contribution in [-0.4, -0.2) is 43.1 Å². The van der Waals surface area contributed by atoms with Crippen molar-refractivity contribution in [3.05, 3.63) is 34.3 Å². The fourth-order valence-corrected chi connectivity index (χ4v) is 2.73. The molecule has 1 saturated heterocycles. The Bertz CT molecular complexity index is 361. The molecule has 1 aromatic rings. The molecule has 3 nitrogen and oxygen atoms in total. The molecule has 1 atom stereocenters. The third-order valence-electron chi connectivity index (χ3n) is 3.25. The highest BCUT2D eigenvalue weighted by Crippen LogP contribution is 2.23. The first-order chi connectivity index (χ1) is 8.16. The zero-order valence-electron chi connectivity index (χ0n) is 10.5. The van der Waals surface area contributed by atoms with Gasteiger partial charge in [0.1, 0.15) is 0 Å². The molecule has 1 N–H and O–H groups in total. The molecule has 0 radical (unpaired) electrons. The summed E-state index contributed by atoms with van der Waals surface area (Å²) in [5, 5.41) is 2.32. The number of halogens is 1. The summed E-state index contributed by atoms with van der Waals surface area (Å²) in [6, 6.07) is 8.74. The van der Waals surface area contributed by atoms with Crippen LogP contribution in [0.5, 0.6) is 0 Å². The number of hydrogen-bond donors (Lipinski definition) is 1. The second-order valence-corrected chi connectivity index (χ2v) is 5.52. The maximum Gasteiger partial charge on any atom is 0.0447 e. The van der Waals surface area contributed by atoms with Gasteiger partial charge in [-0.1, -0.05) is 34.1 Å². The summed E-state index contributed by atoms with van der Waals surface area (Å²) in [6.45, 7) is 6.65. The average Bonchev–Trinajstić information content (AvgIpc) is 2.32. The number of likely N-dealkylation sites (N-methyl/N-ethyl adjacent to an activating group) is 1. The van der Waals surface area contributed by atoms with E-state index in [0.29, 0.717) is 6.04 Å². The molecule has 1 aromatic carbocycles. The maximum absolute atomic E-state index is 3.60. The summed E-state index contributed by atoms with van der Waals surface area (Å²) < 4.78 is 1.18. The molecule has 0 aliphatic carbocycles. The number of piperazine rings is 1. The van der Waals surface area contributed by atoms with Gasteiger partial charge in [0.05, 0.1) is 0 Å². The molecule has 0 saturated carbocycles. The van der Waals surface area contributed by atoms with Gasteiger partial charge in [0, 0.05) is 36.7 Å². The highest BCUT2D eigenvalue weighted by molar-refractivity contribution is 9.10. The molecule has 1 unspecified atom stereocenters. The van der Waals surface area contributed by atoms with E-state index in [1.165, 1.54) is 10.0 Å². The predicted molar refractivity (Wildman–Crippen MR) is 74.8 cm³/mol. The lowest BCUT2D eigenvalue weighted by molar-refractivity contribution is 0.0898. The van der Waals surface area contributed by atoms with Crippen molar-refractivity contribution < 1.29 is 0 Å². The van der Waals surface area contributed by atoms with Crippen molar-refractivity contribution in [1.29, 1.82) is 0 Å². The van der Waals surface area contributed by atoms with Crippen LogP contribution < -0.4 is 5.43 Å². The van der Waals surface area contributed by atoms with Crippen LogP contribution in [0.15, 0.2) is 28.7 Å². The highest BCUT2D eigenvalue weighted by Gasteiger charge is 2.16. The number of benzene rings is 1. The number of nitrogens with one attached hydrogen (secondary N) is 1. The first kappa shape index (κ1) is 13.0. The second-order valence-electron chi connectivity index (χ2n) is 4.66. The monoisotopic (exact) mass is 297 g/mol. The Kier molecular flexibility index (Phi) is 4.56. The van der Waals surface area contributed by atoms with Crippen LogP contribution in [0.25, 0.3) is 0 Å². The Morgan fingerprint density at radius 1 is 1.18 bits per heavy atom. The van der Waals surface area contributed by atoms with E-state index in [2.05, 4.69) is 69.5 Å². The number of nitrogens with zero attached hydrogens (tertiary/aromatic N) is 2. The van der Waals surface area contributed by atoms with Crippen molar-refractivity contribution in [2.45, 2.75) is 13.0 Å². The van der Waals surface area contributed by atoms with E-state index < -0.39 is 0 Å². The van der Waals surface area contributed by atoms with E-state index >= 15 is 0 Å². The molecule has 1 aliphatic heterocycles. The fourth-order valence-electron chi connectivity index (χ4n) is 2.11. The van der Waals surface area contributed by atoms with Gasteiger partial charge in [-0.15, -0.1) is 0 Å². The molecule has 0 spiro atoms. The van der Waals surface area contributed by atoms with Crippen LogP contribution >= 0.6 is 15.9 Å². The Hall–Kier alpha value is -0.420. The van der Waals surface area contributed by atoms with Crippen LogP contribution in [0, 0.1) is 0 Å². The largest absolute Gasteiger partial charge is 0.304 e. The Labute approximate surface area is 112 Å². The summed E-state index contributed by atoms with van der Waals surface area (Å²) >= 11 is 3.60. The molecule has 4 heteroatoms. The molecular weight excluding hydrogens is 278 g/mol. The first-order valence-electron chi connectivity index (χ1n) is 6.11. The lowest BCUT2D eigenvalue weighted by Crippen LogP contribution is -2.51. The first-order valence-corrected chi connectivity index (χ1v) is 6.90. The zero-order chi connectivity index (χ0) is 12.3. The molecule has 1 fully saturated rings. The van der Waals surface area contributed by atoms with Crippen molar-refractivity contribution in [3.8, 4) is 0 Å². The van der Waals surface area contributed by atoms with E-state index in [-0.39, 0.29) is 0 Å². The molecule has 94 valence electrons. The summed E-state index contributed by atoms with van der Waals surface area (Å²) in [4.78, 5) is 2.36. The fraction of sp³-hybridized carbons (Fsp3) is 0.538. The molecule has 1 aliphatic rings. The van der Waals surface area contributed by atoms with Gasteiger partial charge < -0.3 is 4.90 Å². The van der Waals surface area contributed by atoms with Gasteiger partial charge in [-0.2, -0.15) is 0 Å². The third kappa shape index (κ3) is 3.52. The van der Waals surface area contributed by atoms with E-state index in [9.17, 15) is 0 Å². The second kappa shape index (κ2) is 5.96. The number of hydrogen-bond acceptors (Lipinski definition) is 3. The SMILES string of the molecule is CC(NN1CCN(C)CC1)c1ccccc1Br. The van der Waals surface area contributed by atoms with E-state index in [1.807, 2.05) is 0 Å². The molecule has 1 heterocycles. The van der Waals surface area contributed by atoms with E-state index in [1.54, 1.807) is 0 Å². The maximum atomic E-state index is 3.60. The number of rotatable bonds is 3. The van der Waals surface area contributed by atoms with Crippen LogP contribution in [0.2, 0.25) is 0 Å². The lowest BCUT2D eigenvalue weighted by Gasteiger charge is -2.34. The Morgan fingerprint density at radius 3 is 2.47 bits per heavy atom. The van der Waals surface area contributed by atoms with Crippen molar-refractivity contribution in [2.75, 3.05) is 33.2 Å². The van der Waals surface area contributed by atoms with Gasteiger partial charge >= 0.3 is 0 Å². The van der Waals surface area contributed by atoms with Crippen LogP contribution in [-0.2, 0) is 0 Å². The molecule has 0 amide bonds. The van der Waals surface area contributed by atoms with Crippen LogP contribution in [0.1, 0.15) is 18.5 Å². The minimum atomic E-state index is 0.342. The summed E-state index contributed by atoms with van der Waals surface area (Å²) in [6.07, 6.45) is 0. The van der Waals surface area contributed by atoms with Gasteiger partial charge in [0.2, 0.25) is 0 Å². The Balaban J connectivity index is 1.93. The smallest absolute Gasteiger partial charge is 0.0447 e.